The van der Waals surface area contributed by atoms with E-state index in [9.17, 15) is 13.2 Å². The number of nitrogens with zero attached hydrogens (tertiary/aromatic N) is 2. The minimum atomic E-state index is -3.86. The number of carbonyl (C=O) groups excluding carboxylic acids is 1. The molecule has 2 aromatic heterocycles. The van der Waals surface area contributed by atoms with Crippen LogP contribution >= 0.6 is 11.3 Å². The fraction of sp³-hybridized carbons (Fsp3) is 0.208. The third-order valence-electron chi connectivity index (χ3n) is 5.37. The molecular formula is C24H25N4O3S2+. The highest BCUT2D eigenvalue weighted by Crippen LogP contribution is 2.27. The van der Waals surface area contributed by atoms with Crippen molar-refractivity contribution in [1.29, 1.82) is 0 Å². The highest BCUT2D eigenvalue weighted by atomic mass is 32.2. The normalized spacial score (nSPS) is 11.6. The van der Waals surface area contributed by atoms with E-state index in [0.717, 1.165) is 46.7 Å². The van der Waals surface area contributed by atoms with E-state index in [-0.39, 0.29) is 16.8 Å². The van der Waals surface area contributed by atoms with Crippen LogP contribution in [-0.2, 0) is 34.2 Å². The van der Waals surface area contributed by atoms with Gasteiger partial charge >= 0.3 is 0 Å². The molecule has 0 aliphatic rings. The highest BCUT2D eigenvalue weighted by Gasteiger charge is 2.21. The average Bonchev–Trinajstić information content (AvgIpc) is 3.24. The fourth-order valence-electron chi connectivity index (χ4n) is 3.77. The largest absolute Gasteiger partial charge is 0.321 e. The van der Waals surface area contributed by atoms with E-state index in [0.29, 0.717) is 15.9 Å². The number of aromatic nitrogens is 2. The summed E-state index contributed by atoms with van der Waals surface area (Å²) in [5.74, 6) is -0.160. The lowest BCUT2D eigenvalue weighted by molar-refractivity contribution is -0.698. The van der Waals surface area contributed by atoms with Crippen molar-refractivity contribution in [2.24, 2.45) is 5.14 Å². The van der Waals surface area contributed by atoms with Gasteiger partial charge in [-0.05, 0) is 29.3 Å². The zero-order chi connectivity index (χ0) is 23.6. The maximum absolute atomic E-state index is 12.9. The number of fused-ring (bicyclic) bond motifs is 1. The minimum Gasteiger partial charge on any atom is -0.321 e. The summed E-state index contributed by atoms with van der Waals surface area (Å²) in [6.45, 7) is 4.35. The number of carbonyl (C=O) groups is 1. The molecule has 2 heterocycles. The zero-order valence-electron chi connectivity index (χ0n) is 18.4. The van der Waals surface area contributed by atoms with E-state index in [1.807, 2.05) is 18.2 Å². The van der Waals surface area contributed by atoms with Crippen LogP contribution in [0.3, 0.4) is 0 Å². The molecule has 2 aromatic carbocycles. The summed E-state index contributed by atoms with van der Waals surface area (Å²) in [6.07, 6.45) is 1.59. The van der Waals surface area contributed by atoms with E-state index in [4.69, 9.17) is 5.14 Å². The molecular weight excluding hydrogens is 456 g/mol. The van der Waals surface area contributed by atoms with Crippen molar-refractivity contribution in [3.63, 3.8) is 0 Å². The van der Waals surface area contributed by atoms with Crippen molar-refractivity contribution in [1.82, 2.24) is 4.98 Å². The monoisotopic (exact) mass is 481 g/mol. The van der Waals surface area contributed by atoms with Crippen molar-refractivity contribution in [2.45, 2.75) is 37.6 Å². The van der Waals surface area contributed by atoms with Gasteiger partial charge in [0.05, 0.1) is 10.2 Å². The highest BCUT2D eigenvalue weighted by molar-refractivity contribution is 7.91. The lowest BCUT2D eigenvalue weighted by atomic mass is 10.0. The van der Waals surface area contributed by atoms with Crippen LogP contribution < -0.4 is 15.0 Å². The maximum atomic E-state index is 12.9. The Hall–Kier alpha value is -3.14. The van der Waals surface area contributed by atoms with E-state index < -0.39 is 10.0 Å². The molecule has 170 valence electrons. The second kappa shape index (κ2) is 9.38. The van der Waals surface area contributed by atoms with E-state index in [2.05, 4.69) is 53.0 Å². The first-order chi connectivity index (χ1) is 15.8. The van der Waals surface area contributed by atoms with Crippen LogP contribution in [0.1, 0.15) is 25.2 Å². The van der Waals surface area contributed by atoms with Gasteiger partial charge in [-0.1, -0.05) is 44.2 Å². The first kappa shape index (κ1) is 23.0. The molecule has 1 amide bonds. The molecule has 3 N–H and O–H groups in total. The Labute approximate surface area is 197 Å². The van der Waals surface area contributed by atoms with Gasteiger partial charge in [0.15, 0.2) is 11.4 Å². The van der Waals surface area contributed by atoms with Gasteiger partial charge in [0, 0.05) is 30.7 Å². The third-order valence-corrected chi connectivity index (χ3v) is 7.70. The minimum absolute atomic E-state index is 0.143. The van der Waals surface area contributed by atoms with Crippen LogP contribution in [0.4, 0.5) is 5.69 Å². The quantitative estimate of drug-likeness (QED) is 0.393. The number of thiazole rings is 1. The number of hydrogen-bond donors (Lipinski definition) is 2. The Morgan fingerprint density at radius 2 is 1.67 bits per heavy atom. The first-order valence-corrected chi connectivity index (χ1v) is 13.0. The summed E-state index contributed by atoms with van der Waals surface area (Å²) in [6, 6.07) is 19.6. The molecule has 0 bridgehead atoms. The topological polar surface area (TPSA) is 106 Å². The number of sulfonamides is 1. The number of anilines is 1. The van der Waals surface area contributed by atoms with Crippen molar-refractivity contribution in [3.8, 4) is 11.1 Å². The molecule has 0 saturated carbocycles. The average molecular weight is 482 g/mol. The van der Waals surface area contributed by atoms with Crippen LogP contribution in [0, 0.1) is 0 Å². The number of benzene rings is 2. The Kier molecular flexibility index (Phi) is 6.55. The number of primary sulfonamides is 1. The summed E-state index contributed by atoms with van der Waals surface area (Å²) in [5, 5.41) is 8.09. The lowest BCUT2D eigenvalue weighted by Gasteiger charge is -2.11. The summed E-state index contributed by atoms with van der Waals surface area (Å²) in [4.78, 5) is 17.0. The van der Waals surface area contributed by atoms with E-state index in [1.165, 1.54) is 0 Å². The lowest BCUT2D eigenvalue weighted by Crippen LogP contribution is -2.47. The van der Waals surface area contributed by atoms with Gasteiger partial charge in [-0.15, -0.1) is 11.3 Å². The van der Waals surface area contributed by atoms with Crippen LogP contribution in [-0.4, -0.2) is 19.3 Å². The summed E-state index contributed by atoms with van der Waals surface area (Å²) in [5.41, 5.74) is 5.56. The second-order valence-corrected chi connectivity index (χ2v) is 10.4. The van der Waals surface area contributed by atoms with Crippen molar-refractivity contribution in [2.75, 3.05) is 5.32 Å². The second-order valence-electron chi connectivity index (χ2n) is 7.64. The molecule has 9 heteroatoms. The predicted molar refractivity (Wildman–Crippen MR) is 130 cm³/mol. The van der Waals surface area contributed by atoms with Crippen molar-refractivity contribution < 1.29 is 17.8 Å². The van der Waals surface area contributed by atoms with Gasteiger partial charge in [-0.2, -0.15) is 4.57 Å². The molecule has 33 heavy (non-hydrogen) atoms. The van der Waals surface area contributed by atoms with E-state index >= 15 is 0 Å². The molecule has 7 nitrogen and oxygen atoms in total. The van der Waals surface area contributed by atoms with Gasteiger partial charge in [0.25, 0.3) is 15.9 Å². The molecule has 0 aliphatic heterocycles. The van der Waals surface area contributed by atoms with Gasteiger partial charge < -0.3 is 5.32 Å². The molecule has 0 unspecified atom stereocenters. The van der Waals surface area contributed by atoms with Crippen LogP contribution in [0.5, 0.6) is 0 Å². The number of nitrogens with two attached hydrogens (primary N) is 1. The van der Waals surface area contributed by atoms with Crippen LogP contribution in [0.15, 0.2) is 65.0 Å². The van der Waals surface area contributed by atoms with Gasteiger partial charge in [0.1, 0.15) is 0 Å². The Bertz CT molecular complexity index is 1410. The molecule has 0 fully saturated rings. The summed E-state index contributed by atoms with van der Waals surface area (Å²) >= 11 is 0.981. The van der Waals surface area contributed by atoms with Crippen LogP contribution in [0.25, 0.3) is 21.3 Å². The molecule has 0 aliphatic carbocycles. The number of rotatable bonds is 7. The number of amides is 1. The molecule has 0 atom stereocenters. The molecule has 4 aromatic rings. The van der Waals surface area contributed by atoms with E-state index in [1.54, 1.807) is 18.2 Å². The number of nitrogens with one attached hydrogen (secondary N) is 1. The zero-order valence-corrected chi connectivity index (χ0v) is 20.0. The Morgan fingerprint density at radius 3 is 2.27 bits per heavy atom. The smallest absolute Gasteiger partial charge is 0.290 e. The van der Waals surface area contributed by atoms with Gasteiger partial charge in [0.2, 0.25) is 10.9 Å². The standard InChI is InChI=1S/C24H24N4O3S2/c1-3-19-12-17(16-8-6-5-7-9-16)13-20(4-2)28(19)15-23(29)26-18-10-11-21-22(14-18)32-24(27-21)33(25,30)31/h5-14H,3-4,15H2,1-2H3,(H2-,25,26,29,30,31)/p+1. The third kappa shape index (κ3) is 5.11. The SMILES string of the molecule is CCc1cc(-c2ccccc2)cc(CC)[n+]1CC(=O)Nc1ccc2nc(S(N)(=O)=O)sc2c1. The van der Waals surface area contributed by atoms with Gasteiger partial charge in [-0.25, -0.2) is 18.5 Å². The molecule has 0 spiro atoms. The number of pyridine rings is 1. The summed E-state index contributed by atoms with van der Waals surface area (Å²) < 4.78 is 25.7. The molecule has 4 rings (SSSR count). The Morgan fingerprint density at radius 1 is 1.00 bits per heavy atom. The van der Waals surface area contributed by atoms with Crippen LogP contribution in [0.2, 0.25) is 0 Å². The number of hydrogen-bond acceptors (Lipinski definition) is 5. The molecule has 0 saturated heterocycles. The Balaban J connectivity index is 1.59. The van der Waals surface area contributed by atoms with Gasteiger partial charge in [-0.3, -0.25) is 4.79 Å². The summed E-state index contributed by atoms with van der Waals surface area (Å²) in [7, 11) is -3.86. The fourth-order valence-corrected chi connectivity index (χ4v) is 5.47. The first-order valence-electron chi connectivity index (χ1n) is 10.6. The van der Waals surface area contributed by atoms with Crippen molar-refractivity contribution >= 4 is 43.2 Å². The molecule has 0 radical (unpaired) electrons. The predicted octanol–water partition coefficient (Wildman–Crippen LogP) is 3.66. The number of aryl methyl sites for hydroxylation is 2. The van der Waals surface area contributed by atoms with Crippen molar-refractivity contribution in [3.05, 3.63) is 72.1 Å². The maximum Gasteiger partial charge on any atom is 0.290 e.